The number of anilines is 1. The Morgan fingerprint density at radius 1 is 1.61 bits per heavy atom. The zero-order chi connectivity index (χ0) is 13.5. The Balaban J connectivity index is 2.69. The average molecular weight is 265 g/mol. The maximum atomic E-state index is 11.3. The number of nitriles is 1. The molecule has 1 aromatic rings. The van der Waals surface area contributed by atoms with Crippen LogP contribution in [-0.2, 0) is 9.53 Å². The Hall–Kier alpha value is -1.99. The van der Waals surface area contributed by atoms with Crippen molar-refractivity contribution in [2.45, 2.75) is 6.92 Å². The van der Waals surface area contributed by atoms with Crippen LogP contribution in [0.4, 0.5) is 5.69 Å². The molecule has 1 rings (SSSR count). The van der Waals surface area contributed by atoms with Gasteiger partial charge in [0.25, 0.3) is 0 Å². The van der Waals surface area contributed by atoms with Gasteiger partial charge in [-0.3, -0.25) is 0 Å². The number of hydrogen-bond acceptors (Lipinski definition) is 4. The summed E-state index contributed by atoms with van der Waals surface area (Å²) in [5, 5.41) is 12.4. The molecule has 4 nitrogen and oxygen atoms in total. The summed E-state index contributed by atoms with van der Waals surface area (Å²) < 4.78 is 4.80. The molecule has 0 atom stereocenters. The Bertz CT molecular complexity index is 506. The highest BCUT2D eigenvalue weighted by Crippen LogP contribution is 2.20. The van der Waals surface area contributed by atoms with Crippen molar-refractivity contribution in [2.24, 2.45) is 0 Å². The van der Waals surface area contributed by atoms with E-state index in [9.17, 15) is 4.79 Å². The van der Waals surface area contributed by atoms with E-state index in [1.54, 1.807) is 25.1 Å². The van der Waals surface area contributed by atoms with Gasteiger partial charge in [-0.2, -0.15) is 5.26 Å². The summed E-state index contributed by atoms with van der Waals surface area (Å²) in [4.78, 5) is 11.3. The van der Waals surface area contributed by atoms with Gasteiger partial charge in [-0.1, -0.05) is 18.2 Å². The smallest absolute Gasteiger partial charge is 0.335 e. The van der Waals surface area contributed by atoms with E-state index in [2.05, 4.69) is 11.9 Å². The van der Waals surface area contributed by atoms with Crippen molar-refractivity contribution < 1.29 is 9.53 Å². The first kappa shape index (κ1) is 14.1. The van der Waals surface area contributed by atoms with Crippen LogP contribution >= 0.6 is 11.6 Å². The zero-order valence-electron chi connectivity index (χ0n) is 10.00. The van der Waals surface area contributed by atoms with Gasteiger partial charge in [-0.25, -0.2) is 4.79 Å². The van der Waals surface area contributed by atoms with Gasteiger partial charge in [0.05, 0.1) is 17.9 Å². The molecule has 1 N–H and O–H groups in total. The molecule has 0 unspecified atom stereocenters. The molecule has 0 saturated heterocycles. The molecule has 18 heavy (non-hydrogen) atoms. The molecule has 0 amide bonds. The van der Waals surface area contributed by atoms with Crippen LogP contribution in [0.2, 0.25) is 5.02 Å². The molecule has 0 aromatic heterocycles. The lowest BCUT2D eigenvalue weighted by Crippen LogP contribution is -2.15. The third kappa shape index (κ3) is 3.79. The second-order valence-electron chi connectivity index (χ2n) is 3.48. The van der Waals surface area contributed by atoms with Crippen LogP contribution in [0.3, 0.4) is 0 Å². The third-order valence-electron chi connectivity index (χ3n) is 2.16. The van der Waals surface area contributed by atoms with Crippen molar-refractivity contribution in [1.29, 1.82) is 5.26 Å². The molecule has 0 fully saturated rings. The highest BCUT2D eigenvalue weighted by atomic mass is 35.5. The third-order valence-corrected chi connectivity index (χ3v) is 2.39. The Labute approximate surface area is 111 Å². The molecule has 1 aromatic carbocycles. The first-order valence-electron chi connectivity index (χ1n) is 5.37. The fourth-order valence-electron chi connectivity index (χ4n) is 1.27. The molecular weight excluding hydrogens is 252 g/mol. The van der Waals surface area contributed by atoms with Crippen molar-refractivity contribution >= 4 is 23.3 Å². The van der Waals surface area contributed by atoms with E-state index in [0.717, 1.165) is 0 Å². The molecule has 0 spiro atoms. The van der Waals surface area contributed by atoms with E-state index in [1.807, 2.05) is 6.07 Å². The molecule has 0 heterocycles. The van der Waals surface area contributed by atoms with Crippen LogP contribution in [-0.4, -0.2) is 19.1 Å². The van der Waals surface area contributed by atoms with Crippen LogP contribution in [0.1, 0.15) is 12.5 Å². The predicted octanol–water partition coefficient (Wildman–Crippen LogP) is 2.74. The number of halogens is 1. The number of carbonyl (C=O) groups is 1. The summed E-state index contributed by atoms with van der Waals surface area (Å²) in [6.45, 7) is 5.85. The second kappa shape index (κ2) is 6.67. The summed E-state index contributed by atoms with van der Waals surface area (Å²) in [6.07, 6.45) is 0. The Morgan fingerprint density at radius 3 is 2.94 bits per heavy atom. The van der Waals surface area contributed by atoms with Gasteiger partial charge in [0.1, 0.15) is 6.07 Å². The Morgan fingerprint density at radius 2 is 2.33 bits per heavy atom. The van der Waals surface area contributed by atoms with Gasteiger partial charge in [-0.05, 0) is 25.1 Å². The normalized spacial score (nSPS) is 9.39. The fraction of sp³-hybridized carbons (Fsp3) is 0.231. The SMILES string of the molecule is C=C(CNc1cc(Cl)ccc1C#N)C(=O)OCC. The Kier molecular flexibility index (Phi) is 5.22. The van der Waals surface area contributed by atoms with Gasteiger partial charge in [-0.15, -0.1) is 0 Å². The molecule has 0 bridgehead atoms. The highest BCUT2D eigenvalue weighted by Gasteiger charge is 2.09. The molecule has 94 valence electrons. The number of nitrogens with one attached hydrogen (secondary N) is 1. The number of nitrogens with zero attached hydrogens (tertiary/aromatic N) is 1. The van der Waals surface area contributed by atoms with Crippen molar-refractivity contribution in [3.05, 3.63) is 40.9 Å². The molecule has 0 aliphatic rings. The van der Waals surface area contributed by atoms with E-state index in [4.69, 9.17) is 21.6 Å². The highest BCUT2D eigenvalue weighted by molar-refractivity contribution is 6.30. The molecule has 0 saturated carbocycles. The van der Waals surface area contributed by atoms with Crippen LogP contribution in [0, 0.1) is 11.3 Å². The zero-order valence-corrected chi connectivity index (χ0v) is 10.8. The van der Waals surface area contributed by atoms with Crippen molar-refractivity contribution in [3.8, 4) is 6.07 Å². The van der Waals surface area contributed by atoms with E-state index >= 15 is 0 Å². The van der Waals surface area contributed by atoms with E-state index in [-0.39, 0.29) is 6.54 Å². The quantitative estimate of drug-likeness (QED) is 0.656. The van der Waals surface area contributed by atoms with E-state index < -0.39 is 5.97 Å². The average Bonchev–Trinajstić information content (AvgIpc) is 2.36. The van der Waals surface area contributed by atoms with Crippen LogP contribution < -0.4 is 5.32 Å². The minimum atomic E-state index is -0.453. The van der Waals surface area contributed by atoms with Gasteiger partial charge in [0, 0.05) is 17.1 Å². The summed E-state index contributed by atoms with van der Waals surface area (Å²) in [6, 6.07) is 6.90. The van der Waals surface area contributed by atoms with Crippen LogP contribution in [0.15, 0.2) is 30.4 Å². The molecular formula is C13H13ClN2O2. The van der Waals surface area contributed by atoms with Gasteiger partial charge >= 0.3 is 5.97 Å². The lowest BCUT2D eigenvalue weighted by molar-refractivity contribution is -0.138. The first-order valence-corrected chi connectivity index (χ1v) is 5.74. The predicted molar refractivity (Wildman–Crippen MR) is 70.4 cm³/mol. The van der Waals surface area contributed by atoms with Gasteiger partial charge in [0.15, 0.2) is 0 Å². The topological polar surface area (TPSA) is 62.1 Å². The first-order chi connectivity index (χ1) is 8.58. The van der Waals surface area contributed by atoms with Crippen molar-refractivity contribution in [2.75, 3.05) is 18.5 Å². The fourth-order valence-corrected chi connectivity index (χ4v) is 1.44. The standard InChI is InChI=1S/C13H13ClN2O2/c1-3-18-13(17)9(2)8-16-12-6-11(14)5-4-10(12)7-15/h4-6,16H,2-3,8H2,1H3. The lowest BCUT2D eigenvalue weighted by atomic mass is 10.2. The van der Waals surface area contributed by atoms with E-state index in [1.165, 1.54) is 0 Å². The van der Waals surface area contributed by atoms with Crippen LogP contribution in [0.5, 0.6) is 0 Å². The lowest BCUT2D eigenvalue weighted by Gasteiger charge is -2.10. The molecule has 0 aliphatic carbocycles. The summed E-state index contributed by atoms with van der Waals surface area (Å²) >= 11 is 5.84. The largest absolute Gasteiger partial charge is 0.463 e. The number of carbonyl (C=O) groups excluding carboxylic acids is 1. The number of ether oxygens (including phenoxy) is 1. The minimum absolute atomic E-state index is 0.202. The van der Waals surface area contributed by atoms with Gasteiger partial charge < -0.3 is 10.1 Å². The maximum absolute atomic E-state index is 11.3. The van der Waals surface area contributed by atoms with Gasteiger partial charge in [0.2, 0.25) is 0 Å². The summed E-state index contributed by atoms with van der Waals surface area (Å²) in [5.41, 5.74) is 1.31. The van der Waals surface area contributed by atoms with E-state index in [0.29, 0.717) is 28.5 Å². The second-order valence-corrected chi connectivity index (χ2v) is 3.92. The maximum Gasteiger partial charge on any atom is 0.335 e. The van der Waals surface area contributed by atoms with Crippen molar-refractivity contribution in [3.63, 3.8) is 0 Å². The molecule has 5 heteroatoms. The van der Waals surface area contributed by atoms with Crippen molar-refractivity contribution in [1.82, 2.24) is 0 Å². The molecule has 0 aliphatic heterocycles. The number of benzene rings is 1. The number of hydrogen-bond donors (Lipinski definition) is 1. The summed E-state index contributed by atoms with van der Waals surface area (Å²) in [5.74, 6) is -0.453. The summed E-state index contributed by atoms with van der Waals surface area (Å²) in [7, 11) is 0. The number of rotatable bonds is 5. The monoisotopic (exact) mass is 264 g/mol. The van der Waals surface area contributed by atoms with Crippen LogP contribution in [0.25, 0.3) is 0 Å². The number of esters is 1. The minimum Gasteiger partial charge on any atom is -0.463 e. The molecule has 0 radical (unpaired) electrons.